The molecule has 2 aliphatic heterocycles. The standard InChI is InChI=1S/C15H31N5/c1-9-5-6-13(7-10(9)2)18-14-8-11(3)16-15-17-12(4)19-20(14)15/h9-19H,5-8H2,1-4H3. The Kier molecular flexibility index (Phi) is 4.34. The molecule has 1 saturated carbocycles. The van der Waals surface area contributed by atoms with Crippen LogP contribution in [0.4, 0.5) is 0 Å². The molecule has 3 rings (SSSR count). The Morgan fingerprint density at radius 3 is 2.50 bits per heavy atom. The second-order valence-electron chi connectivity index (χ2n) is 7.28. The van der Waals surface area contributed by atoms with Gasteiger partial charge in [0.2, 0.25) is 0 Å². The molecule has 7 atom stereocenters. The summed E-state index contributed by atoms with van der Waals surface area (Å²) in [6.45, 7) is 9.26. The van der Waals surface area contributed by atoms with Gasteiger partial charge in [-0.2, -0.15) is 5.01 Å². The number of nitrogens with zero attached hydrogens (tertiary/aromatic N) is 1. The first kappa shape index (κ1) is 14.7. The first-order valence-electron chi connectivity index (χ1n) is 8.35. The van der Waals surface area contributed by atoms with E-state index in [2.05, 4.69) is 54.1 Å². The summed E-state index contributed by atoms with van der Waals surface area (Å²) < 4.78 is 0. The van der Waals surface area contributed by atoms with Crippen LogP contribution < -0.4 is 21.4 Å². The quantitative estimate of drug-likeness (QED) is 0.612. The summed E-state index contributed by atoms with van der Waals surface area (Å²) in [5.74, 6) is 1.74. The Hall–Kier alpha value is -0.200. The number of hydrogen-bond acceptors (Lipinski definition) is 5. The van der Waals surface area contributed by atoms with E-state index < -0.39 is 0 Å². The maximum atomic E-state index is 3.91. The molecule has 7 unspecified atom stereocenters. The van der Waals surface area contributed by atoms with E-state index in [4.69, 9.17) is 0 Å². The van der Waals surface area contributed by atoms with Crippen LogP contribution >= 0.6 is 0 Å². The molecule has 0 aromatic carbocycles. The second-order valence-corrected chi connectivity index (χ2v) is 7.28. The third-order valence-electron chi connectivity index (χ3n) is 5.41. The Bertz CT molecular complexity index is 336. The van der Waals surface area contributed by atoms with Gasteiger partial charge in [-0.3, -0.25) is 16.0 Å². The molecule has 0 aromatic heterocycles. The minimum absolute atomic E-state index is 0.256. The zero-order valence-corrected chi connectivity index (χ0v) is 13.3. The molecule has 2 heterocycles. The lowest BCUT2D eigenvalue weighted by Crippen LogP contribution is -2.67. The van der Waals surface area contributed by atoms with E-state index in [9.17, 15) is 0 Å². The Morgan fingerprint density at radius 1 is 0.950 bits per heavy atom. The predicted octanol–water partition coefficient (Wildman–Crippen LogP) is 1.15. The lowest BCUT2D eigenvalue weighted by molar-refractivity contribution is 0.00717. The molecule has 3 aliphatic rings. The van der Waals surface area contributed by atoms with Gasteiger partial charge >= 0.3 is 0 Å². The Labute approximate surface area is 123 Å². The first-order valence-corrected chi connectivity index (χ1v) is 8.35. The molecule has 1 aliphatic carbocycles. The third-order valence-corrected chi connectivity index (χ3v) is 5.41. The van der Waals surface area contributed by atoms with Crippen molar-refractivity contribution in [3.05, 3.63) is 0 Å². The Morgan fingerprint density at radius 2 is 1.75 bits per heavy atom. The van der Waals surface area contributed by atoms with Crippen molar-refractivity contribution in [2.45, 2.75) is 84.1 Å². The Balaban J connectivity index is 1.61. The molecular weight excluding hydrogens is 250 g/mol. The highest BCUT2D eigenvalue weighted by Gasteiger charge is 2.40. The topological polar surface area (TPSA) is 51.4 Å². The third kappa shape index (κ3) is 3.02. The van der Waals surface area contributed by atoms with Crippen LogP contribution in [0.2, 0.25) is 0 Å². The van der Waals surface area contributed by atoms with Crippen molar-refractivity contribution in [1.82, 2.24) is 26.4 Å². The van der Waals surface area contributed by atoms with Crippen LogP contribution in [0.25, 0.3) is 0 Å². The van der Waals surface area contributed by atoms with E-state index in [-0.39, 0.29) is 6.29 Å². The van der Waals surface area contributed by atoms with Gasteiger partial charge in [0.05, 0.1) is 12.3 Å². The van der Waals surface area contributed by atoms with Gasteiger partial charge in [0.25, 0.3) is 0 Å². The van der Waals surface area contributed by atoms with E-state index in [0.29, 0.717) is 24.4 Å². The molecule has 0 bridgehead atoms. The molecule has 116 valence electrons. The monoisotopic (exact) mass is 281 g/mol. The van der Waals surface area contributed by atoms with Crippen molar-refractivity contribution < 1.29 is 0 Å². The molecular formula is C15H31N5. The minimum Gasteiger partial charge on any atom is -0.298 e. The summed E-state index contributed by atoms with van der Waals surface area (Å²) in [6.07, 6.45) is 6.19. The fourth-order valence-corrected chi connectivity index (χ4v) is 3.96. The molecule has 0 spiro atoms. The van der Waals surface area contributed by atoms with Crippen LogP contribution in [0.15, 0.2) is 0 Å². The number of fused-ring (bicyclic) bond motifs is 1. The smallest absolute Gasteiger partial charge is 0.130 e. The molecule has 0 radical (unpaired) electrons. The van der Waals surface area contributed by atoms with Gasteiger partial charge in [-0.05, 0) is 51.4 Å². The second kappa shape index (κ2) is 5.89. The van der Waals surface area contributed by atoms with Crippen LogP contribution in [-0.4, -0.2) is 35.7 Å². The van der Waals surface area contributed by atoms with Crippen LogP contribution in [-0.2, 0) is 0 Å². The van der Waals surface area contributed by atoms with E-state index in [0.717, 1.165) is 18.3 Å². The SMILES string of the molecule is CC1CC(NC2CCC(C)C(C)C2)N2NC(C)NC2N1. The number of nitrogens with one attached hydrogen (secondary N) is 4. The number of rotatable bonds is 2. The summed E-state index contributed by atoms with van der Waals surface area (Å²) in [7, 11) is 0. The zero-order valence-electron chi connectivity index (χ0n) is 13.3. The lowest BCUT2D eigenvalue weighted by atomic mass is 9.79. The molecule has 3 fully saturated rings. The molecule has 2 saturated heterocycles. The van der Waals surface area contributed by atoms with E-state index in [1.807, 2.05) is 0 Å². The summed E-state index contributed by atoms with van der Waals surface area (Å²) in [5.41, 5.74) is 3.53. The van der Waals surface area contributed by atoms with Crippen molar-refractivity contribution in [1.29, 1.82) is 0 Å². The molecule has 5 heteroatoms. The van der Waals surface area contributed by atoms with E-state index in [1.54, 1.807) is 0 Å². The molecule has 4 N–H and O–H groups in total. The fourth-order valence-electron chi connectivity index (χ4n) is 3.96. The normalized spacial score (nSPS) is 50.1. The lowest BCUT2D eigenvalue weighted by Gasteiger charge is -2.43. The average Bonchev–Trinajstić information content (AvgIpc) is 2.74. The summed E-state index contributed by atoms with van der Waals surface area (Å²) in [5, 5.41) is 13.4. The van der Waals surface area contributed by atoms with E-state index >= 15 is 0 Å². The van der Waals surface area contributed by atoms with Gasteiger partial charge in [0.1, 0.15) is 6.29 Å². The molecule has 20 heavy (non-hydrogen) atoms. The largest absolute Gasteiger partial charge is 0.298 e. The van der Waals surface area contributed by atoms with Crippen LogP contribution in [0, 0.1) is 11.8 Å². The molecule has 0 aromatic rings. The summed E-state index contributed by atoms with van der Waals surface area (Å²) >= 11 is 0. The predicted molar refractivity (Wildman–Crippen MR) is 81.5 cm³/mol. The van der Waals surface area contributed by atoms with E-state index in [1.165, 1.54) is 19.3 Å². The van der Waals surface area contributed by atoms with Gasteiger partial charge in [-0.15, -0.1) is 0 Å². The van der Waals surface area contributed by atoms with Crippen molar-refractivity contribution in [2.24, 2.45) is 11.8 Å². The molecule has 5 nitrogen and oxygen atoms in total. The van der Waals surface area contributed by atoms with Crippen molar-refractivity contribution in [2.75, 3.05) is 0 Å². The number of hydrogen-bond donors (Lipinski definition) is 4. The van der Waals surface area contributed by atoms with Crippen LogP contribution in [0.5, 0.6) is 0 Å². The highest BCUT2D eigenvalue weighted by atomic mass is 15.7. The van der Waals surface area contributed by atoms with Gasteiger partial charge in [0, 0.05) is 12.1 Å². The highest BCUT2D eigenvalue weighted by Crippen LogP contribution is 2.30. The summed E-state index contributed by atoms with van der Waals surface area (Å²) in [6, 6.07) is 1.23. The van der Waals surface area contributed by atoms with Gasteiger partial charge in [0.15, 0.2) is 0 Å². The minimum atomic E-state index is 0.256. The first-order chi connectivity index (χ1) is 9.52. The summed E-state index contributed by atoms with van der Waals surface area (Å²) in [4.78, 5) is 0. The van der Waals surface area contributed by atoms with Crippen molar-refractivity contribution in [3.63, 3.8) is 0 Å². The number of hydrazine groups is 1. The van der Waals surface area contributed by atoms with Crippen LogP contribution in [0.3, 0.4) is 0 Å². The zero-order chi connectivity index (χ0) is 14.3. The van der Waals surface area contributed by atoms with Crippen molar-refractivity contribution in [3.8, 4) is 0 Å². The van der Waals surface area contributed by atoms with Gasteiger partial charge in [-0.25, -0.2) is 5.43 Å². The average molecular weight is 281 g/mol. The van der Waals surface area contributed by atoms with Gasteiger partial charge in [-0.1, -0.05) is 13.8 Å². The maximum absolute atomic E-state index is 3.91. The van der Waals surface area contributed by atoms with Gasteiger partial charge < -0.3 is 0 Å². The fraction of sp³-hybridized carbons (Fsp3) is 1.00. The molecule has 0 amide bonds. The highest BCUT2D eigenvalue weighted by molar-refractivity contribution is 4.91. The van der Waals surface area contributed by atoms with Crippen molar-refractivity contribution >= 4 is 0 Å². The van der Waals surface area contributed by atoms with Crippen LogP contribution in [0.1, 0.15) is 53.4 Å². The maximum Gasteiger partial charge on any atom is 0.130 e.